The van der Waals surface area contributed by atoms with Crippen LogP contribution in [0.1, 0.15) is 25.5 Å². The first kappa shape index (κ1) is 19.8. The summed E-state index contributed by atoms with van der Waals surface area (Å²) in [7, 11) is -1.57. The fourth-order valence-corrected chi connectivity index (χ4v) is 3.47. The van der Waals surface area contributed by atoms with E-state index in [1.54, 1.807) is 18.2 Å². The second-order valence-electron chi connectivity index (χ2n) is 5.67. The molecule has 0 saturated carbocycles. The normalized spacial score (nSPS) is 11.4. The van der Waals surface area contributed by atoms with E-state index < -0.39 is 26.2 Å². The van der Waals surface area contributed by atoms with Crippen molar-refractivity contribution < 1.29 is 23.0 Å². The summed E-state index contributed by atoms with van der Waals surface area (Å²) < 4.78 is 34.4. The Hall–Kier alpha value is -2.52. The van der Waals surface area contributed by atoms with Crippen molar-refractivity contribution in [3.05, 3.63) is 34.2 Å². The van der Waals surface area contributed by atoms with Gasteiger partial charge in [0.05, 0.1) is 25.3 Å². The van der Waals surface area contributed by atoms with Crippen LogP contribution in [0, 0.1) is 0 Å². The van der Waals surface area contributed by atoms with E-state index in [2.05, 4.69) is 4.98 Å². The van der Waals surface area contributed by atoms with E-state index in [1.807, 2.05) is 6.92 Å². The predicted octanol–water partition coefficient (Wildman–Crippen LogP) is 1.75. The van der Waals surface area contributed by atoms with Gasteiger partial charge in [-0.25, -0.2) is 13.6 Å². The van der Waals surface area contributed by atoms with Gasteiger partial charge in [0.25, 0.3) is 5.56 Å². The molecule has 0 spiro atoms. The monoisotopic (exact) mass is 382 g/mol. The van der Waals surface area contributed by atoms with Gasteiger partial charge in [-0.2, -0.15) is 0 Å². The quantitative estimate of drug-likeness (QED) is 0.668. The molecule has 0 radical (unpaired) electrons. The molecule has 0 aliphatic heterocycles. The van der Waals surface area contributed by atoms with Crippen LogP contribution >= 0.6 is 0 Å². The highest BCUT2D eigenvalue weighted by molar-refractivity contribution is 7.89. The largest absolute Gasteiger partial charge is 0.506 e. The Bertz CT molecular complexity index is 944. The first-order valence-corrected chi connectivity index (χ1v) is 9.53. The number of H-pyrrole nitrogens is 1. The van der Waals surface area contributed by atoms with Gasteiger partial charge in [-0.3, -0.25) is 4.79 Å². The second kappa shape index (κ2) is 7.79. The number of hydrogen-bond acceptors (Lipinski definition) is 6. The SMILES string of the molecule is CCCCc1[nH]c(=O)c(S(N)(=O)=O)c(O)c1-c1c(OC)cccc1OC. The van der Waals surface area contributed by atoms with Crippen molar-refractivity contribution in [2.75, 3.05) is 14.2 Å². The lowest BCUT2D eigenvalue weighted by atomic mass is 9.98. The summed E-state index contributed by atoms with van der Waals surface area (Å²) >= 11 is 0. The Morgan fingerprint density at radius 3 is 2.19 bits per heavy atom. The summed E-state index contributed by atoms with van der Waals surface area (Å²) in [5, 5.41) is 15.8. The maximum absolute atomic E-state index is 12.2. The highest BCUT2D eigenvalue weighted by Gasteiger charge is 2.28. The van der Waals surface area contributed by atoms with Crippen LogP contribution < -0.4 is 20.2 Å². The minimum Gasteiger partial charge on any atom is -0.506 e. The van der Waals surface area contributed by atoms with Gasteiger partial charge in [-0.15, -0.1) is 0 Å². The molecule has 2 aromatic rings. The van der Waals surface area contributed by atoms with E-state index in [9.17, 15) is 18.3 Å². The van der Waals surface area contributed by atoms with Crippen LogP contribution in [-0.4, -0.2) is 32.7 Å². The number of unbranched alkanes of at least 4 members (excludes halogenated alkanes) is 1. The molecule has 0 saturated heterocycles. The lowest BCUT2D eigenvalue weighted by molar-refractivity contribution is 0.395. The maximum atomic E-state index is 12.2. The van der Waals surface area contributed by atoms with Crippen LogP contribution in [0.4, 0.5) is 0 Å². The average Bonchev–Trinajstić information content (AvgIpc) is 2.58. The fourth-order valence-electron chi connectivity index (χ4n) is 2.79. The molecule has 1 aromatic heterocycles. The summed E-state index contributed by atoms with van der Waals surface area (Å²) in [5.74, 6) is -0.0141. The molecule has 1 heterocycles. The first-order valence-electron chi connectivity index (χ1n) is 7.98. The van der Waals surface area contributed by atoms with Crippen molar-refractivity contribution in [1.82, 2.24) is 4.98 Å². The number of aromatic nitrogens is 1. The Morgan fingerprint density at radius 2 is 1.73 bits per heavy atom. The van der Waals surface area contributed by atoms with Gasteiger partial charge < -0.3 is 19.6 Å². The zero-order valence-electron chi connectivity index (χ0n) is 14.8. The number of sulfonamides is 1. The van der Waals surface area contributed by atoms with Crippen LogP contribution in [0.2, 0.25) is 0 Å². The van der Waals surface area contributed by atoms with E-state index >= 15 is 0 Å². The maximum Gasteiger partial charge on any atom is 0.272 e. The predicted molar refractivity (Wildman–Crippen MR) is 97.3 cm³/mol. The lowest BCUT2D eigenvalue weighted by Crippen LogP contribution is -2.25. The molecule has 0 bridgehead atoms. The molecular formula is C17H22N2O6S. The van der Waals surface area contributed by atoms with Crippen LogP contribution in [-0.2, 0) is 16.4 Å². The third-order valence-electron chi connectivity index (χ3n) is 3.97. The molecule has 0 aliphatic carbocycles. The number of aromatic amines is 1. The van der Waals surface area contributed by atoms with E-state index in [4.69, 9.17) is 14.6 Å². The number of ether oxygens (including phenoxy) is 2. The fraction of sp³-hybridized carbons (Fsp3) is 0.353. The molecular weight excluding hydrogens is 360 g/mol. The van der Waals surface area contributed by atoms with Gasteiger partial charge in [0.15, 0.2) is 10.6 Å². The molecule has 4 N–H and O–H groups in total. The Morgan fingerprint density at radius 1 is 1.15 bits per heavy atom. The lowest BCUT2D eigenvalue weighted by Gasteiger charge is -2.18. The van der Waals surface area contributed by atoms with Crippen molar-refractivity contribution in [1.29, 1.82) is 0 Å². The summed E-state index contributed by atoms with van der Waals surface area (Å²) in [5.41, 5.74) is -0.128. The number of rotatable bonds is 7. The number of aryl methyl sites for hydroxylation is 1. The van der Waals surface area contributed by atoms with E-state index in [0.29, 0.717) is 35.6 Å². The number of aromatic hydroxyl groups is 1. The van der Waals surface area contributed by atoms with E-state index in [1.165, 1.54) is 14.2 Å². The Balaban J connectivity index is 2.97. The van der Waals surface area contributed by atoms with E-state index in [0.717, 1.165) is 6.42 Å². The zero-order chi connectivity index (χ0) is 19.5. The van der Waals surface area contributed by atoms with Crippen molar-refractivity contribution in [3.8, 4) is 28.4 Å². The summed E-state index contributed by atoms with van der Waals surface area (Å²) in [4.78, 5) is 13.9. The number of benzene rings is 1. The Labute approximate surface area is 151 Å². The van der Waals surface area contributed by atoms with Gasteiger partial charge in [-0.05, 0) is 25.0 Å². The summed E-state index contributed by atoms with van der Waals surface area (Å²) in [6.45, 7) is 1.97. The highest BCUT2D eigenvalue weighted by Crippen LogP contribution is 2.45. The third kappa shape index (κ3) is 3.68. The van der Waals surface area contributed by atoms with Gasteiger partial charge in [-0.1, -0.05) is 19.4 Å². The van der Waals surface area contributed by atoms with Crippen molar-refractivity contribution in [2.24, 2.45) is 5.14 Å². The van der Waals surface area contributed by atoms with Crippen molar-refractivity contribution in [2.45, 2.75) is 31.1 Å². The number of nitrogens with two attached hydrogens (primary N) is 1. The topological polar surface area (TPSA) is 132 Å². The van der Waals surface area contributed by atoms with Gasteiger partial charge in [0.2, 0.25) is 10.0 Å². The number of primary sulfonamides is 1. The molecule has 8 nitrogen and oxygen atoms in total. The standard InChI is InChI=1S/C17H22N2O6S/c1-4-5-7-10-13(14-11(24-2)8-6-9-12(14)25-3)15(20)16(17(21)19-10)26(18,22)23/h6,8-9H,4-5,7H2,1-3H3,(H2,18,22,23)(H2,19,20,21). The number of pyridine rings is 1. The number of hydrogen-bond donors (Lipinski definition) is 3. The highest BCUT2D eigenvalue weighted by atomic mass is 32.2. The van der Waals surface area contributed by atoms with Gasteiger partial charge >= 0.3 is 0 Å². The molecule has 0 fully saturated rings. The molecule has 26 heavy (non-hydrogen) atoms. The number of nitrogens with one attached hydrogen (secondary N) is 1. The average molecular weight is 382 g/mol. The number of methoxy groups -OCH3 is 2. The van der Waals surface area contributed by atoms with Crippen LogP contribution in [0.25, 0.3) is 11.1 Å². The third-order valence-corrected chi connectivity index (χ3v) is 4.91. The molecule has 0 atom stereocenters. The van der Waals surface area contributed by atoms with Crippen LogP contribution in [0.15, 0.2) is 27.9 Å². The molecule has 2 rings (SSSR count). The first-order chi connectivity index (χ1) is 12.3. The Kier molecular flexibility index (Phi) is 5.94. The van der Waals surface area contributed by atoms with Gasteiger partial charge in [0, 0.05) is 5.69 Å². The molecule has 0 unspecified atom stereocenters. The molecule has 0 aliphatic rings. The summed E-state index contributed by atoms with van der Waals surface area (Å²) in [6.07, 6.45) is 1.97. The second-order valence-corrected chi connectivity index (χ2v) is 7.17. The van der Waals surface area contributed by atoms with Crippen LogP contribution in [0.5, 0.6) is 17.2 Å². The van der Waals surface area contributed by atoms with E-state index in [-0.39, 0.29) is 5.56 Å². The molecule has 1 aromatic carbocycles. The minimum absolute atomic E-state index is 0.122. The minimum atomic E-state index is -4.45. The molecule has 9 heteroatoms. The van der Waals surface area contributed by atoms with Crippen molar-refractivity contribution >= 4 is 10.0 Å². The molecule has 142 valence electrons. The molecule has 0 amide bonds. The van der Waals surface area contributed by atoms with Gasteiger partial charge in [0.1, 0.15) is 11.5 Å². The van der Waals surface area contributed by atoms with Crippen LogP contribution in [0.3, 0.4) is 0 Å². The smallest absolute Gasteiger partial charge is 0.272 e. The zero-order valence-corrected chi connectivity index (χ0v) is 15.6. The van der Waals surface area contributed by atoms with Crippen molar-refractivity contribution in [3.63, 3.8) is 0 Å². The summed E-state index contributed by atoms with van der Waals surface area (Å²) in [6, 6.07) is 4.97.